The highest BCUT2D eigenvalue weighted by Crippen LogP contribution is 2.32. The maximum atomic E-state index is 15.1. The van der Waals surface area contributed by atoms with E-state index in [0.29, 0.717) is 22.5 Å². The summed E-state index contributed by atoms with van der Waals surface area (Å²) in [6, 6.07) is 14.5. The number of nitrogens with zero attached hydrogens (tertiary/aromatic N) is 3. The summed E-state index contributed by atoms with van der Waals surface area (Å²) < 4.78 is 54.2. The maximum Gasteiger partial charge on any atom is 0.416 e. The monoisotopic (exact) mass is 503 g/mol. The topological polar surface area (TPSA) is 86.3 Å². The number of aldehydes is 1. The van der Waals surface area contributed by atoms with Gasteiger partial charge in [0.1, 0.15) is 11.6 Å². The van der Waals surface area contributed by atoms with Crippen LogP contribution < -0.4 is 0 Å². The molecule has 10 heteroatoms. The van der Waals surface area contributed by atoms with Gasteiger partial charge < -0.3 is 9.97 Å². The number of allylic oxidation sites excluding steroid dienone is 1. The Bertz CT molecular complexity index is 1730. The smallest absolute Gasteiger partial charge is 0.352 e. The van der Waals surface area contributed by atoms with Crippen LogP contribution >= 0.6 is 0 Å². The average molecular weight is 503 g/mol. The second-order valence-corrected chi connectivity index (χ2v) is 8.15. The molecule has 2 heterocycles. The van der Waals surface area contributed by atoms with Gasteiger partial charge in [0.05, 0.1) is 33.5 Å². The molecule has 0 amide bonds. The van der Waals surface area contributed by atoms with Crippen LogP contribution in [-0.4, -0.2) is 34.2 Å². The van der Waals surface area contributed by atoms with Crippen molar-refractivity contribution >= 4 is 52.4 Å². The van der Waals surface area contributed by atoms with Crippen LogP contribution in [0.3, 0.4) is 0 Å². The van der Waals surface area contributed by atoms with E-state index in [0.717, 1.165) is 29.3 Å². The summed E-state index contributed by atoms with van der Waals surface area (Å²) in [5.41, 5.74) is 2.50. The molecular formula is C27H17F4N5O. The number of alkyl halides is 3. The first-order valence-corrected chi connectivity index (χ1v) is 10.9. The Morgan fingerprint density at radius 3 is 2.54 bits per heavy atom. The van der Waals surface area contributed by atoms with Crippen molar-refractivity contribution in [2.45, 2.75) is 6.18 Å². The summed E-state index contributed by atoms with van der Waals surface area (Å²) in [6.45, 7) is 3.46. The minimum Gasteiger partial charge on any atom is -0.352 e. The third kappa shape index (κ3) is 4.81. The molecule has 0 atom stereocenters. The molecule has 5 aromatic rings. The molecule has 2 N–H and O–H groups in total. The molecule has 184 valence electrons. The fourth-order valence-electron chi connectivity index (χ4n) is 3.91. The van der Waals surface area contributed by atoms with E-state index in [-0.39, 0.29) is 22.4 Å². The highest BCUT2D eigenvalue weighted by Gasteiger charge is 2.30. The Kier molecular flexibility index (Phi) is 6.00. The lowest BCUT2D eigenvalue weighted by Crippen LogP contribution is -2.04. The number of H-pyrrole nitrogens is 2. The quantitative estimate of drug-likeness (QED) is 0.147. The van der Waals surface area contributed by atoms with Gasteiger partial charge in [0.2, 0.25) is 0 Å². The van der Waals surface area contributed by atoms with Crippen molar-refractivity contribution in [2.75, 3.05) is 0 Å². The zero-order chi connectivity index (χ0) is 26.2. The van der Waals surface area contributed by atoms with Crippen LogP contribution in [0.5, 0.6) is 0 Å². The number of rotatable bonds is 6. The highest BCUT2D eigenvalue weighted by atomic mass is 19.4. The summed E-state index contributed by atoms with van der Waals surface area (Å²) in [5.74, 6) is -0.528. The molecule has 0 fully saturated rings. The third-order valence-corrected chi connectivity index (χ3v) is 5.70. The maximum absolute atomic E-state index is 15.1. The summed E-state index contributed by atoms with van der Waals surface area (Å²) in [7, 11) is 0. The largest absolute Gasteiger partial charge is 0.416 e. The molecule has 0 saturated heterocycles. The number of benzene rings is 3. The first kappa shape index (κ1) is 23.9. The molecule has 0 aliphatic rings. The number of halogens is 4. The van der Waals surface area contributed by atoms with Crippen molar-refractivity contribution in [3.63, 3.8) is 0 Å². The van der Waals surface area contributed by atoms with Crippen molar-refractivity contribution < 1.29 is 22.4 Å². The van der Waals surface area contributed by atoms with Gasteiger partial charge in [0.25, 0.3) is 0 Å². The normalized spacial score (nSPS) is 12.6. The molecule has 5 rings (SSSR count). The molecule has 0 saturated carbocycles. The average Bonchev–Trinajstić information content (AvgIpc) is 3.48. The number of imidazole rings is 1. The van der Waals surface area contributed by atoms with Crippen molar-refractivity contribution in [3.05, 3.63) is 89.5 Å². The first-order chi connectivity index (χ1) is 17.7. The summed E-state index contributed by atoms with van der Waals surface area (Å²) in [5, 5.41) is 0.813. The van der Waals surface area contributed by atoms with E-state index in [1.165, 1.54) is 30.6 Å². The van der Waals surface area contributed by atoms with Crippen LogP contribution in [0, 0.1) is 5.82 Å². The molecule has 0 bridgehead atoms. The van der Waals surface area contributed by atoms with Gasteiger partial charge in [0.15, 0.2) is 6.29 Å². The number of carbonyl (C=O) groups excluding carboxylic acids is 1. The van der Waals surface area contributed by atoms with Crippen LogP contribution in [0.4, 0.5) is 23.2 Å². The Labute approximate surface area is 207 Å². The number of fused-ring (bicyclic) bond motifs is 2. The van der Waals surface area contributed by atoms with Crippen LogP contribution in [0.25, 0.3) is 38.9 Å². The summed E-state index contributed by atoms with van der Waals surface area (Å²) >= 11 is 0. The predicted molar refractivity (Wildman–Crippen MR) is 136 cm³/mol. The van der Waals surface area contributed by atoms with E-state index in [4.69, 9.17) is 0 Å². The van der Waals surface area contributed by atoms with Gasteiger partial charge in [-0.2, -0.15) is 13.2 Å². The van der Waals surface area contributed by atoms with Gasteiger partial charge in [-0.1, -0.05) is 6.07 Å². The zero-order valence-electron chi connectivity index (χ0n) is 19.0. The fourth-order valence-corrected chi connectivity index (χ4v) is 3.91. The Morgan fingerprint density at radius 1 is 0.973 bits per heavy atom. The Morgan fingerprint density at radius 2 is 1.81 bits per heavy atom. The number of nitrogens with one attached hydrogen (secondary N) is 2. The molecule has 0 unspecified atom stereocenters. The minimum atomic E-state index is -4.50. The standard InChI is InChI=1S/C27H17F4N5O/c1-32-12-17(13-33-19-4-7-23-16(8-19)9-20(14-37)34-23)15-2-5-21(22(28)10-15)26-35-24-6-3-18(27(29,30)31)11-25(24)36-26/h2-14,34H,1H2,(H,35,36)/b17-12+,33-13?. The van der Waals surface area contributed by atoms with Crippen molar-refractivity contribution in [3.8, 4) is 11.4 Å². The van der Waals surface area contributed by atoms with E-state index in [2.05, 4.69) is 31.7 Å². The second kappa shape index (κ2) is 9.30. The molecule has 0 radical (unpaired) electrons. The predicted octanol–water partition coefficient (Wildman–Crippen LogP) is 7.13. The van der Waals surface area contributed by atoms with Crippen LogP contribution in [0.1, 0.15) is 21.6 Å². The van der Waals surface area contributed by atoms with Gasteiger partial charge in [0, 0.05) is 28.9 Å². The van der Waals surface area contributed by atoms with Gasteiger partial charge in [-0.15, -0.1) is 0 Å². The Balaban J connectivity index is 1.44. The van der Waals surface area contributed by atoms with Gasteiger partial charge in [-0.05, 0) is 66.9 Å². The van der Waals surface area contributed by atoms with E-state index in [1.54, 1.807) is 30.3 Å². The lowest BCUT2D eigenvalue weighted by Gasteiger charge is -2.05. The molecule has 0 spiro atoms. The minimum absolute atomic E-state index is 0.0975. The number of hydrogen-bond acceptors (Lipinski definition) is 4. The lowest BCUT2D eigenvalue weighted by atomic mass is 10.0. The van der Waals surface area contributed by atoms with Gasteiger partial charge >= 0.3 is 6.18 Å². The van der Waals surface area contributed by atoms with Crippen LogP contribution in [0.2, 0.25) is 0 Å². The van der Waals surface area contributed by atoms with E-state index >= 15 is 4.39 Å². The first-order valence-electron chi connectivity index (χ1n) is 10.9. The number of carbonyl (C=O) groups is 1. The lowest BCUT2D eigenvalue weighted by molar-refractivity contribution is -0.137. The molecule has 2 aromatic heterocycles. The van der Waals surface area contributed by atoms with E-state index in [1.807, 2.05) is 0 Å². The van der Waals surface area contributed by atoms with E-state index < -0.39 is 17.6 Å². The number of aromatic nitrogens is 3. The Hall–Kier alpha value is -4.86. The molecular weight excluding hydrogens is 486 g/mol. The summed E-state index contributed by atoms with van der Waals surface area (Å²) in [4.78, 5) is 29.2. The van der Waals surface area contributed by atoms with E-state index in [9.17, 15) is 18.0 Å². The van der Waals surface area contributed by atoms with Crippen LogP contribution in [0.15, 0.2) is 76.8 Å². The SMILES string of the molecule is C=N/C=C(\C=Nc1ccc2[nH]c(C=O)cc2c1)c1ccc(-c2nc3ccc(C(F)(F)F)cc3[nH]2)c(F)c1. The van der Waals surface area contributed by atoms with Gasteiger partial charge in [-0.25, -0.2) is 9.37 Å². The number of hydrogen-bond donors (Lipinski definition) is 2. The molecule has 3 aromatic carbocycles. The van der Waals surface area contributed by atoms with Crippen LogP contribution in [-0.2, 0) is 6.18 Å². The highest BCUT2D eigenvalue weighted by molar-refractivity contribution is 6.11. The van der Waals surface area contributed by atoms with Crippen molar-refractivity contribution in [1.29, 1.82) is 0 Å². The second-order valence-electron chi connectivity index (χ2n) is 8.15. The van der Waals surface area contributed by atoms with Crippen molar-refractivity contribution in [1.82, 2.24) is 15.0 Å². The summed E-state index contributed by atoms with van der Waals surface area (Å²) in [6.07, 6.45) is -0.834. The molecule has 6 nitrogen and oxygen atoms in total. The molecule has 37 heavy (non-hydrogen) atoms. The number of aliphatic imine (C=N–C) groups is 2. The molecule has 0 aliphatic heterocycles. The number of aromatic amines is 2. The third-order valence-electron chi connectivity index (χ3n) is 5.70. The fraction of sp³-hybridized carbons (Fsp3) is 0.0370. The van der Waals surface area contributed by atoms with Gasteiger partial charge in [-0.3, -0.25) is 14.8 Å². The molecule has 0 aliphatic carbocycles. The zero-order valence-corrected chi connectivity index (χ0v) is 19.0. The van der Waals surface area contributed by atoms with Crippen molar-refractivity contribution in [2.24, 2.45) is 9.98 Å².